The van der Waals surface area contributed by atoms with Gasteiger partial charge in [0.2, 0.25) is 5.91 Å². The van der Waals surface area contributed by atoms with Crippen LogP contribution in [0.4, 0.5) is 5.69 Å². The van der Waals surface area contributed by atoms with E-state index in [4.69, 9.17) is 9.72 Å². The number of aryl methyl sites for hydroxylation is 1. The maximum Gasteiger partial charge on any atom is 0.234 e. The van der Waals surface area contributed by atoms with Crippen molar-refractivity contribution in [1.82, 2.24) is 4.98 Å². The number of anilines is 1. The Hall–Kier alpha value is -3.31. The van der Waals surface area contributed by atoms with E-state index < -0.39 is 0 Å². The summed E-state index contributed by atoms with van der Waals surface area (Å²) in [5, 5.41) is 4.83. The molecule has 150 valence electrons. The van der Waals surface area contributed by atoms with Crippen molar-refractivity contribution in [1.29, 1.82) is 0 Å². The van der Waals surface area contributed by atoms with Crippen molar-refractivity contribution >= 4 is 34.3 Å². The molecule has 0 aliphatic rings. The molecule has 1 aromatic heterocycles. The predicted octanol–water partition coefficient (Wildman–Crippen LogP) is 5.95. The first-order chi connectivity index (χ1) is 14.6. The number of rotatable bonds is 6. The van der Waals surface area contributed by atoms with Gasteiger partial charge in [0.05, 0.1) is 23.4 Å². The van der Waals surface area contributed by atoms with Gasteiger partial charge in [-0.3, -0.25) is 4.79 Å². The number of nitrogens with zero attached hydrogens (tertiary/aromatic N) is 1. The van der Waals surface area contributed by atoms with Gasteiger partial charge in [-0.05, 0) is 47.9 Å². The zero-order valence-corrected chi connectivity index (χ0v) is 17.7. The van der Waals surface area contributed by atoms with Crippen molar-refractivity contribution in [2.45, 2.75) is 11.9 Å². The third-order valence-electron chi connectivity index (χ3n) is 4.85. The summed E-state index contributed by atoms with van der Waals surface area (Å²) >= 11 is 1.43. The van der Waals surface area contributed by atoms with Crippen LogP contribution in [0.2, 0.25) is 0 Å². The average molecular weight is 415 g/mol. The molecule has 0 aliphatic carbocycles. The summed E-state index contributed by atoms with van der Waals surface area (Å²) in [5.41, 5.74) is 4.92. The fraction of sp³-hybridized carbons (Fsp3) is 0.120. The normalized spacial score (nSPS) is 10.7. The minimum Gasteiger partial charge on any atom is -0.497 e. The van der Waals surface area contributed by atoms with E-state index in [1.807, 2.05) is 67.6 Å². The highest BCUT2D eigenvalue weighted by Gasteiger charge is 2.12. The molecule has 1 N–H and O–H groups in total. The first kappa shape index (κ1) is 20.0. The highest BCUT2D eigenvalue weighted by molar-refractivity contribution is 7.99. The van der Waals surface area contributed by atoms with E-state index >= 15 is 0 Å². The number of carbonyl (C=O) groups is 1. The number of thioether (sulfide) groups is 1. The Morgan fingerprint density at radius 1 is 1.00 bits per heavy atom. The summed E-state index contributed by atoms with van der Waals surface area (Å²) in [6, 6.07) is 25.9. The molecule has 0 bridgehead atoms. The Morgan fingerprint density at radius 3 is 2.53 bits per heavy atom. The fourth-order valence-corrected chi connectivity index (χ4v) is 4.00. The Kier molecular flexibility index (Phi) is 6.00. The highest BCUT2D eigenvalue weighted by atomic mass is 32.2. The number of nitrogens with one attached hydrogen (secondary N) is 1. The molecule has 0 spiro atoms. The van der Waals surface area contributed by atoms with Crippen molar-refractivity contribution < 1.29 is 9.53 Å². The van der Waals surface area contributed by atoms with E-state index in [9.17, 15) is 4.79 Å². The van der Waals surface area contributed by atoms with Crippen LogP contribution < -0.4 is 10.1 Å². The van der Waals surface area contributed by atoms with Gasteiger partial charge in [-0.25, -0.2) is 4.98 Å². The van der Waals surface area contributed by atoms with Gasteiger partial charge in [0.25, 0.3) is 0 Å². The second-order valence-electron chi connectivity index (χ2n) is 6.91. The van der Waals surface area contributed by atoms with Gasteiger partial charge >= 0.3 is 0 Å². The lowest BCUT2D eigenvalue weighted by atomic mass is 10.0. The molecule has 30 heavy (non-hydrogen) atoms. The lowest BCUT2D eigenvalue weighted by molar-refractivity contribution is -0.113. The Labute approximate surface area is 180 Å². The Morgan fingerprint density at radius 2 is 1.77 bits per heavy atom. The van der Waals surface area contributed by atoms with E-state index in [1.165, 1.54) is 11.8 Å². The SMILES string of the molecule is COc1ccc2c(-c3ccccc3)cc(SCC(=O)Nc3ccccc3C)nc2c1. The summed E-state index contributed by atoms with van der Waals surface area (Å²) in [6.45, 7) is 1.98. The second-order valence-corrected chi connectivity index (χ2v) is 7.90. The average Bonchev–Trinajstić information content (AvgIpc) is 2.79. The van der Waals surface area contributed by atoms with E-state index in [0.29, 0.717) is 0 Å². The molecular formula is C25H22N2O2S. The van der Waals surface area contributed by atoms with Crippen LogP contribution in [0.3, 0.4) is 0 Å². The monoisotopic (exact) mass is 414 g/mol. The van der Waals surface area contributed by atoms with Crippen LogP contribution in [0.25, 0.3) is 22.0 Å². The van der Waals surface area contributed by atoms with Gasteiger partial charge in [-0.1, -0.05) is 60.3 Å². The quantitative estimate of drug-likeness (QED) is 0.396. The van der Waals surface area contributed by atoms with Crippen LogP contribution in [-0.2, 0) is 4.79 Å². The number of para-hydroxylation sites is 1. The largest absolute Gasteiger partial charge is 0.497 e. The van der Waals surface area contributed by atoms with Crippen LogP contribution in [-0.4, -0.2) is 23.8 Å². The lowest BCUT2D eigenvalue weighted by Gasteiger charge is -2.11. The summed E-state index contributed by atoms with van der Waals surface area (Å²) in [7, 11) is 1.65. The van der Waals surface area contributed by atoms with Gasteiger partial charge in [0, 0.05) is 17.1 Å². The van der Waals surface area contributed by atoms with E-state index in [1.54, 1.807) is 7.11 Å². The molecule has 1 heterocycles. The fourth-order valence-electron chi connectivity index (χ4n) is 3.28. The molecule has 0 aliphatic heterocycles. The highest BCUT2D eigenvalue weighted by Crippen LogP contribution is 2.33. The smallest absolute Gasteiger partial charge is 0.234 e. The van der Waals surface area contributed by atoms with Crippen molar-refractivity contribution in [2.24, 2.45) is 0 Å². The number of benzene rings is 3. The number of amides is 1. The number of carbonyl (C=O) groups excluding carboxylic acids is 1. The maximum absolute atomic E-state index is 12.5. The number of pyridine rings is 1. The van der Waals surface area contributed by atoms with Gasteiger partial charge < -0.3 is 10.1 Å². The van der Waals surface area contributed by atoms with Crippen LogP contribution >= 0.6 is 11.8 Å². The van der Waals surface area contributed by atoms with Gasteiger partial charge in [0.1, 0.15) is 5.75 Å². The van der Waals surface area contributed by atoms with Gasteiger partial charge in [-0.2, -0.15) is 0 Å². The number of methoxy groups -OCH3 is 1. The summed E-state index contributed by atoms with van der Waals surface area (Å²) in [4.78, 5) is 17.2. The van der Waals surface area contributed by atoms with Crippen LogP contribution in [0, 0.1) is 6.92 Å². The van der Waals surface area contributed by atoms with Gasteiger partial charge in [0.15, 0.2) is 0 Å². The molecule has 4 nitrogen and oxygen atoms in total. The molecule has 1 amide bonds. The summed E-state index contributed by atoms with van der Waals surface area (Å²) in [6.07, 6.45) is 0. The summed E-state index contributed by atoms with van der Waals surface area (Å²) < 4.78 is 5.37. The molecule has 3 aromatic carbocycles. The zero-order valence-electron chi connectivity index (χ0n) is 16.9. The van der Waals surface area contributed by atoms with Crippen molar-refractivity contribution in [2.75, 3.05) is 18.2 Å². The number of aromatic nitrogens is 1. The first-order valence-corrected chi connectivity index (χ1v) is 10.6. The van der Waals surface area contributed by atoms with E-state index in [2.05, 4.69) is 23.5 Å². The molecule has 0 unspecified atom stereocenters. The van der Waals surface area contributed by atoms with Crippen LogP contribution in [0.15, 0.2) is 83.9 Å². The number of fused-ring (bicyclic) bond motifs is 1. The standard InChI is InChI=1S/C25H22N2O2S/c1-17-8-6-7-11-22(17)26-24(28)16-30-25-15-21(18-9-4-3-5-10-18)20-13-12-19(29-2)14-23(20)27-25/h3-15H,16H2,1-2H3,(H,26,28). The predicted molar refractivity (Wildman–Crippen MR) is 124 cm³/mol. The lowest BCUT2D eigenvalue weighted by Crippen LogP contribution is -2.14. The number of hydrogen-bond donors (Lipinski definition) is 1. The Balaban J connectivity index is 1.62. The Bertz CT molecular complexity index is 1190. The van der Waals surface area contributed by atoms with Crippen LogP contribution in [0.5, 0.6) is 5.75 Å². The third kappa shape index (κ3) is 4.47. The molecule has 4 rings (SSSR count). The maximum atomic E-state index is 12.5. The van der Waals surface area contributed by atoms with Crippen LogP contribution in [0.1, 0.15) is 5.56 Å². The molecule has 0 saturated carbocycles. The van der Waals surface area contributed by atoms with E-state index in [0.717, 1.165) is 44.1 Å². The zero-order chi connectivity index (χ0) is 20.9. The molecule has 5 heteroatoms. The van der Waals surface area contributed by atoms with E-state index in [-0.39, 0.29) is 11.7 Å². The van der Waals surface area contributed by atoms with Gasteiger partial charge in [-0.15, -0.1) is 0 Å². The third-order valence-corrected chi connectivity index (χ3v) is 5.76. The van der Waals surface area contributed by atoms with Crippen molar-refractivity contribution in [3.8, 4) is 16.9 Å². The second kappa shape index (κ2) is 9.01. The molecule has 0 atom stereocenters. The minimum atomic E-state index is -0.0527. The van der Waals surface area contributed by atoms with Crippen molar-refractivity contribution in [3.05, 3.63) is 84.4 Å². The molecule has 0 fully saturated rings. The molecule has 4 aromatic rings. The van der Waals surface area contributed by atoms with Crippen molar-refractivity contribution in [3.63, 3.8) is 0 Å². The molecular weight excluding hydrogens is 392 g/mol. The number of hydrogen-bond acceptors (Lipinski definition) is 4. The molecule has 0 radical (unpaired) electrons. The minimum absolute atomic E-state index is 0.0527. The topological polar surface area (TPSA) is 51.2 Å². The molecule has 0 saturated heterocycles. The number of ether oxygens (including phenoxy) is 1. The first-order valence-electron chi connectivity index (χ1n) is 9.66. The summed E-state index contributed by atoms with van der Waals surface area (Å²) in [5.74, 6) is 0.988.